The van der Waals surface area contributed by atoms with Gasteiger partial charge in [0.2, 0.25) is 0 Å². The molecule has 1 aliphatic heterocycles. The summed E-state index contributed by atoms with van der Waals surface area (Å²) < 4.78 is 12.9. The van der Waals surface area contributed by atoms with E-state index in [9.17, 15) is 18.8 Å². The van der Waals surface area contributed by atoms with Gasteiger partial charge in [-0.2, -0.15) is 0 Å². The molecular weight excluding hydrogens is 391 g/mol. The molecule has 0 unspecified atom stereocenters. The third kappa shape index (κ3) is 4.75. The number of carbonyl (C=O) groups is 3. The van der Waals surface area contributed by atoms with Crippen molar-refractivity contribution in [1.29, 1.82) is 0 Å². The predicted molar refractivity (Wildman–Crippen MR) is 103 cm³/mol. The van der Waals surface area contributed by atoms with Crippen LogP contribution in [0.15, 0.2) is 53.4 Å². The zero-order chi connectivity index (χ0) is 19.4. The number of nitrogens with zero attached hydrogens (tertiary/aromatic N) is 1. The Kier molecular flexibility index (Phi) is 5.93. The summed E-state index contributed by atoms with van der Waals surface area (Å²) in [6, 6.07) is 12.0. The van der Waals surface area contributed by atoms with Crippen LogP contribution in [0.2, 0.25) is 5.02 Å². The van der Waals surface area contributed by atoms with Gasteiger partial charge in [-0.05, 0) is 59.8 Å². The predicted octanol–water partition coefficient (Wildman–Crippen LogP) is 3.95. The fourth-order valence-electron chi connectivity index (χ4n) is 2.39. The van der Waals surface area contributed by atoms with Gasteiger partial charge in [0.15, 0.2) is 0 Å². The first-order valence-corrected chi connectivity index (χ1v) is 9.18. The zero-order valence-corrected chi connectivity index (χ0v) is 15.5. The molecule has 0 aromatic heterocycles. The molecule has 3 amide bonds. The first kappa shape index (κ1) is 19.1. The summed E-state index contributed by atoms with van der Waals surface area (Å²) in [6.07, 6.45) is 1.62. The highest BCUT2D eigenvalue weighted by atomic mass is 35.5. The highest BCUT2D eigenvalue weighted by molar-refractivity contribution is 8.18. The highest BCUT2D eigenvalue weighted by Crippen LogP contribution is 2.32. The van der Waals surface area contributed by atoms with Gasteiger partial charge >= 0.3 is 0 Å². The van der Waals surface area contributed by atoms with Crippen LogP contribution in [0.3, 0.4) is 0 Å². The fourth-order valence-corrected chi connectivity index (χ4v) is 3.38. The minimum absolute atomic E-state index is 0.0511. The van der Waals surface area contributed by atoms with Gasteiger partial charge in [-0.1, -0.05) is 23.7 Å². The maximum atomic E-state index is 12.9. The van der Waals surface area contributed by atoms with E-state index >= 15 is 0 Å². The van der Waals surface area contributed by atoms with Crippen LogP contribution in [-0.2, 0) is 4.79 Å². The smallest absolute Gasteiger partial charge is 0.293 e. The molecule has 0 spiro atoms. The standard InChI is InChI=1S/C19H14ClFN2O3S/c20-14-5-1-12(2-6-14)11-16-18(25)23(19(26)27-16)10-9-22-17(24)13-3-7-15(21)8-4-13/h1-8,11H,9-10H2,(H,22,24)/b16-11-. The molecule has 0 saturated carbocycles. The molecule has 0 bridgehead atoms. The average molecular weight is 405 g/mol. The Morgan fingerprint density at radius 1 is 1.11 bits per heavy atom. The molecule has 1 aliphatic rings. The first-order valence-electron chi connectivity index (χ1n) is 7.99. The maximum absolute atomic E-state index is 12.9. The lowest BCUT2D eigenvalue weighted by atomic mass is 10.2. The molecule has 1 fully saturated rings. The van der Waals surface area contributed by atoms with Crippen molar-refractivity contribution in [3.05, 3.63) is 75.4 Å². The molecule has 8 heteroatoms. The number of hydrogen-bond acceptors (Lipinski definition) is 4. The van der Waals surface area contributed by atoms with E-state index in [-0.39, 0.29) is 13.1 Å². The average Bonchev–Trinajstić information content (AvgIpc) is 2.91. The third-order valence-corrected chi connectivity index (χ3v) is 4.93. The molecule has 5 nitrogen and oxygen atoms in total. The van der Waals surface area contributed by atoms with Gasteiger partial charge in [-0.25, -0.2) is 4.39 Å². The molecule has 2 aromatic rings. The summed E-state index contributed by atoms with van der Waals surface area (Å²) in [5.41, 5.74) is 1.06. The van der Waals surface area contributed by atoms with Crippen molar-refractivity contribution in [3.63, 3.8) is 0 Å². The van der Waals surface area contributed by atoms with Gasteiger partial charge in [0.25, 0.3) is 17.1 Å². The third-order valence-electron chi connectivity index (χ3n) is 3.77. The van der Waals surface area contributed by atoms with Crippen molar-refractivity contribution >= 4 is 46.5 Å². The van der Waals surface area contributed by atoms with Crippen LogP contribution in [0.5, 0.6) is 0 Å². The highest BCUT2D eigenvalue weighted by Gasteiger charge is 2.34. The Labute approximate surface area is 164 Å². The monoisotopic (exact) mass is 404 g/mol. The van der Waals surface area contributed by atoms with Gasteiger partial charge in [-0.15, -0.1) is 0 Å². The number of thioether (sulfide) groups is 1. The van der Waals surface area contributed by atoms with Crippen LogP contribution in [-0.4, -0.2) is 35.0 Å². The summed E-state index contributed by atoms with van der Waals surface area (Å²) in [5.74, 6) is -1.24. The number of amides is 3. The number of imide groups is 1. The molecule has 0 aliphatic carbocycles. The number of hydrogen-bond donors (Lipinski definition) is 1. The van der Waals surface area contributed by atoms with E-state index in [1.54, 1.807) is 30.3 Å². The van der Waals surface area contributed by atoms with Crippen molar-refractivity contribution in [2.75, 3.05) is 13.1 Å². The molecule has 2 aromatic carbocycles. The van der Waals surface area contributed by atoms with Crippen LogP contribution in [0.1, 0.15) is 15.9 Å². The fraction of sp³-hybridized carbons (Fsp3) is 0.105. The minimum Gasteiger partial charge on any atom is -0.350 e. The Morgan fingerprint density at radius 3 is 2.44 bits per heavy atom. The molecule has 1 saturated heterocycles. The van der Waals surface area contributed by atoms with Crippen molar-refractivity contribution in [2.45, 2.75) is 0 Å². The van der Waals surface area contributed by atoms with E-state index in [0.717, 1.165) is 22.2 Å². The molecule has 0 radical (unpaired) electrons. The molecule has 1 heterocycles. The number of rotatable bonds is 5. The van der Waals surface area contributed by atoms with E-state index in [1.807, 2.05) is 0 Å². The largest absolute Gasteiger partial charge is 0.350 e. The summed E-state index contributed by atoms with van der Waals surface area (Å²) >= 11 is 6.68. The van der Waals surface area contributed by atoms with Crippen molar-refractivity contribution in [3.8, 4) is 0 Å². The van der Waals surface area contributed by atoms with Crippen molar-refractivity contribution in [1.82, 2.24) is 10.2 Å². The molecule has 3 rings (SSSR count). The Morgan fingerprint density at radius 2 is 1.78 bits per heavy atom. The van der Waals surface area contributed by atoms with E-state index in [4.69, 9.17) is 11.6 Å². The first-order chi connectivity index (χ1) is 12.9. The maximum Gasteiger partial charge on any atom is 0.293 e. The van der Waals surface area contributed by atoms with E-state index in [0.29, 0.717) is 15.5 Å². The lowest BCUT2D eigenvalue weighted by molar-refractivity contribution is -0.122. The topological polar surface area (TPSA) is 66.5 Å². The number of halogens is 2. The van der Waals surface area contributed by atoms with Gasteiger partial charge in [-0.3, -0.25) is 19.3 Å². The van der Waals surface area contributed by atoms with Crippen LogP contribution in [0, 0.1) is 5.82 Å². The molecule has 27 heavy (non-hydrogen) atoms. The molecular formula is C19H14ClFN2O3S. The number of carbonyl (C=O) groups excluding carboxylic acids is 3. The molecule has 1 N–H and O–H groups in total. The molecule has 138 valence electrons. The van der Waals surface area contributed by atoms with Gasteiger partial charge in [0.05, 0.1) is 4.91 Å². The summed E-state index contributed by atoms with van der Waals surface area (Å²) in [5, 5.41) is 2.79. The van der Waals surface area contributed by atoms with Crippen LogP contribution >= 0.6 is 23.4 Å². The Balaban J connectivity index is 1.58. The number of nitrogens with one attached hydrogen (secondary N) is 1. The van der Waals surface area contributed by atoms with Gasteiger partial charge < -0.3 is 5.32 Å². The zero-order valence-electron chi connectivity index (χ0n) is 13.9. The second-order valence-electron chi connectivity index (χ2n) is 5.65. The summed E-state index contributed by atoms with van der Waals surface area (Å²) in [6.45, 7) is 0.151. The van der Waals surface area contributed by atoms with Crippen molar-refractivity contribution in [2.24, 2.45) is 0 Å². The lowest BCUT2D eigenvalue weighted by Crippen LogP contribution is -2.37. The second kappa shape index (κ2) is 8.37. The number of benzene rings is 2. The SMILES string of the molecule is O=C(NCCN1C(=O)S/C(=C\c2ccc(Cl)cc2)C1=O)c1ccc(F)cc1. The minimum atomic E-state index is -0.433. The van der Waals surface area contributed by atoms with Gasteiger partial charge in [0, 0.05) is 23.7 Å². The second-order valence-corrected chi connectivity index (χ2v) is 7.08. The Hall–Kier alpha value is -2.64. The van der Waals surface area contributed by atoms with E-state index in [1.165, 1.54) is 24.3 Å². The summed E-state index contributed by atoms with van der Waals surface area (Å²) in [7, 11) is 0. The summed E-state index contributed by atoms with van der Waals surface area (Å²) in [4.78, 5) is 37.8. The van der Waals surface area contributed by atoms with Gasteiger partial charge in [0.1, 0.15) is 5.82 Å². The van der Waals surface area contributed by atoms with Crippen LogP contribution in [0.4, 0.5) is 9.18 Å². The Bertz CT molecular complexity index is 914. The van der Waals surface area contributed by atoms with E-state index < -0.39 is 22.9 Å². The van der Waals surface area contributed by atoms with E-state index in [2.05, 4.69) is 5.32 Å². The van der Waals surface area contributed by atoms with Crippen LogP contribution < -0.4 is 5.32 Å². The van der Waals surface area contributed by atoms with Crippen molar-refractivity contribution < 1.29 is 18.8 Å². The van der Waals surface area contributed by atoms with Crippen LogP contribution in [0.25, 0.3) is 6.08 Å². The lowest BCUT2D eigenvalue weighted by Gasteiger charge is -2.13. The quantitative estimate of drug-likeness (QED) is 0.766. The normalized spacial score (nSPS) is 15.5. The molecule has 0 atom stereocenters.